The highest BCUT2D eigenvalue weighted by Gasteiger charge is 2.13. The summed E-state index contributed by atoms with van der Waals surface area (Å²) in [7, 11) is 3.25. The quantitative estimate of drug-likeness (QED) is 0.856. The Kier molecular flexibility index (Phi) is 4.09. The number of para-hydroxylation sites is 1. The molecule has 1 aromatic heterocycles. The first-order chi connectivity index (χ1) is 9.58. The first kappa shape index (κ1) is 13.7. The van der Waals surface area contributed by atoms with Crippen LogP contribution in [0.5, 0.6) is 0 Å². The van der Waals surface area contributed by atoms with Gasteiger partial charge in [0.2, 0.25) is 5.91 Å². The molecule has 7 heteroatoms. The summed E-state index contributed by atoms with van der Waals surface area (Å²) in [5, 5.41) is 10.6. The molecule has 0 bridgehead atoms. The second kappa shape index (κ2) is 5.96. The Balaban J connectivity index is 2.02. The van der Waals surface area contributed by atoms with E-state index in [1.807, 2.05) is 30.3 Å². The Hall–Kier alpha value is -2.70. The molecule has 0 aliphatic heterocycles. The molecule has 0 aliphatic carbocycles. The Morgan fingerprint density at radius 1 is 1.25 bits per heavy atom. The molecule has 2 aromatic rings. The summed E-state index contributed by atoms with van der Waals surface area (Å²) in [6, 6.07) is 9.25. The predicted octanol–water partition coefficient (Wildman–Crippen LogP) is 0.0853. The average molecular weight is 273 g/mol. The van der Waals surface area contributed by atoms with Gasteiger partial charge in [0.05, 0.1) is 18.4 Å². The van der Waals surface area contributed by atoms with Crippen molar-refractivity contribution < 1.29 is 9.59 Å². The number of benzene rings is 1. The third-order valence-corrected chi connectivity index (χ3v) is 2.61. The zero-order valence-corrected chi connectivity index (χ0v) is 11.3. The minimum absolute atomic E-state index is 0.0654. The maximum atomic E-state index is 11.8. The molecule has 0 atom stereocenters. The number of likely N-dealkylation sites (N-methyl/N-ethyl adjacent to an activating group) is 1. The Morgan fingerprint density at radius 2 is 1.95 bits per heavy atom. The highest BCUT2D eigenvalue weighted by atomic mass is 16.2. The molecule has 2 rings (SSSR count). The first-order valence-corrected chi connectivity index (χ1v) is 6.04. The molecule has 1 N–H and O–H groups in total. The topological polar surface area (TPSA) is 80.1 Å². The lowest BCUT2D eigenvalue weighted by molar-refractivity contribution is -0.127. The predicted molar refractivity (Wildman–Crippen MR) is 72.4 cm³/mol. The van der Waals surface area contributed by atoms with Gasteiger partial charge in [-0.2, -0.15) is 9.90 Å². The van der Waals surface area contributed by atoms with E-state index >= 15 is 0 Å². The van der Waals surface area contributed by atoms with Crippen LogP contribution in [0.4, 0.5) is 0 Å². The molecule has 7 nitrogen and oxygen atoms in total. The molecule has 0 unspecified atom stereocenters. The van der Waals surface area contributed by atoms with Gasteiger partial charge in [-0.25, -0.2) is 0 Å². The first-order valence-electron chi connectivity index (χ1n) is 6.04. The molecule has 0 saturated heterocycles. The smallest absolute Gasteiger partial charge is 0.273 e. The zero-order chi connectivity index (χ0) is 14.5. The number of amides is 2. The van der Waals surface area contributed by atoms with E-state index in [2.05, 4.69) is 15.5 Å². The number of nitrogens with zero attached hydrogens (tertiary/aromatic N) is 4. The van der Waals surface area contributed by atoms with Crippen LogP contribution in [-0.2, 0) is 4.79 Å². The van der Waals surface area contributed by atoms with E-state index in [9.17, 15) is 9.59 Å². The second-order valence-electron chi connectivity index (χ2n) is 4.33. The SMILES string of the molecule is CN(C)C(=O)CNC(=O)c1cnn(-c2ccccc2)n1. The minimum atomic E-state index is -0.428. The van der Waals surface area contributed by atoms with Crippen molar-refractivity contribution in [3.8, 4) is 5.69 Å². The maximum absolute atomic E-state index is 11.8. The monoisotopic (exact) mass is 273 g/mol. The number of rotatable bonds is 4. The van der Waals surface area contributed by atoms with E-state index in [0.29, 0.717) is 0 Å². The lowest BCUT2D eigenvalue weighted by atomic mass is 10.3. The lowest BCUT2D eigenvalue weighted by Crippen LogP contribution is -2.36. The van der Waals surface area contributed by atoms with Gasteiger partial charge in [0.15, 0.2) is 5.69 Å². The van der Waals surface area contributed by atoms with Crippen molar-refractivity contribution in [1.29, 1.82) is 0 Å². The van der Waals surface area contributed by atoms with Crippen LogP contribution in [0.25, 0.3) is 5.69 Å². The van der Waals surface area contributed by atoms with Crippen molar-refractivity contribution in [1.82, 2.24) is 25.2 Å². The van der Waals surface area contributed by atoms with Crippen LogP contribution in [-0.4, -0.2) is 52.3 Å². The summed E-state index contributed by atoms with van der Waals surface area (Å²) in [6.07, 6.45) is 1.36. The molecule has 2 amide bonds. The fourth-order valence-corrected chi connectivity index (χ4v) is 1.46. The van der Waals surface area contributed by atoms with Crippen molar-refractivity contribution in [2.45, 2.75) is 0 Å². The molecule has 0 radical (unpaired) electrons. The summed E-state index contributed by atoms with van der Waals surface area (Å²) in [6.45, 7) is -0.0654. The maximum Gasteiger partial charge on any atom is 0.273 e. The molecule has 1 aromatic carbocycles. The van der Waals surface area contributed by atoms with Crippen molar-refractivity contribution in [3.05, 3.63) is 42.2 Å². The van der Waals surface area contributed by atoms with Crippen LogP contribution in [0, 0.1) is 0 Å². The molecule has 104 valence electrons. The van der Waals surface area contributed by atoms with Gasteiger partial charge in [-0.1, -0.05) is 18.2 Å². The Morgan fingerprint density at radius 3 is 2.60 bits per heavy atom. The van der Waals surface area contributed by atoms with Crippen LogP contribution in [0.1, 0.15) is 10.5 Å². The number of aromatic nitrogens is 3. The van der Waals surface area contributed by atoms with E-state index in [4.69, 9.17) is 0 Å². The summed E-state index contributed by atoms with van der Waals surface area (Å²) in [5.41, 5.74) is 0.927. The van der Waals surface area contributed by atoms with Gasteiger partial charge in [-0.3, -0.25) is 9.59 Å². The third-order valence-electron chi connectivity index (χ3n) is 2.61. The molecule has 0 spiro atoms. The fraction of sp³-hybridized carbons (Fsp3) is 0.231. The van der Waals surface area contributed by atoms with Crippen molar-refractivity contribution >= 4 is 11.8 Å². The Bertz CT molecular complexity index is 606. The van der Waals surface area contributed by atoms with Gasteiger partial charge in [0, 0.05) is 14.1 Å². The highest BCUT2D eigenvalue weighted by molar-refractivity contribution is 5.94. The standard InChI is InChI=1S/C13H15N5O2/c1-17(2)12(19)9-14-13(20)11-8-15-18(16-11)10-6-4-3-5-7-10/h3-8H,9H2,1-2H3,(H,14,20). The lowest BCUT2D eigenvalue weighted by Gasteiger charge is -2.09. The van der Waals surface area contributed by atoms with Crippen LogP contribution < -0.4 is 5.32 Å². The van der Waals surface area contributed by atoms with Crippen molar-refractivity contribution in [2.75, 3.05) is 20.6 Å². The summed E-state index contributed by atoms with van der Waals surface area (Å²) in [4.78, 5) is 26.0. The number of carbonyl (C=O) groups is 2. The zero-order valence-electron chi connectivity index (χ0n) is 11.3. The van der Waals surface area contributed by atoms with Gasteiger partial charge in [-0.05, 0) is 12.1 Å². The van der Waals surface area contributed by atoms with Gasteiger partial charge < -0.3 is 10.2 Å². The summed E-state index contributed by atoms with van der Waals surface area (Å²) < 4.78 is 0. The van der Waals surface area contributed by atoms with Crippen LogP contribution in [0.3, 0.4) is 0 Å². The van der Waals surface area contributed by atoms with Gasteiger partial charge >= 0.3 is 0 Å². The van der Waals surface area contributed by atoms with Crippen LogP contribution >= 0.6 is 0 Å². The number of hydrogen-bond acceptors (Lipinski definition) is 4. The van der Waals surface area contributed by atoms with E-state index < -0.39 is 5.91 Å². The normalized spacial score (nSPS) is 10.1. The fourth-order valence-electron chi connectivity index (χ4n) is 1.46. The van der Waals surface area contributed by atoms with E-state index in [1.165, 1.54) is 15.9 Å². The Labute approximate surface area is 116 Å². The van der Waals surface area contributed by atoms with Gasteiger partial charge in [0.1, 0.15) is 0 Å². The highest BCUT2D eigenvalue weighted by Crippen LogP contribution is 2.04. The second-order valence-corrected chi connectivity index (χ2v) is 4.33. The van der Waals surface area contributed by atoms with E-state index in [-0.39, 0.29) is 18.1 Å². The van der Waals surface area contributed by atoms with Crippen molar-refractivity contribution in [3.63, 3.8) is 0 Å². The van der Waals surface area contributed by atoms with Gasteiger partial charge in [-0.15, -0.1) is 5.10 Å². The van der Waals surface area contributed by atoms with Crippen LogP contribution in [0.2, 0.25) is 0 Å². The van der Waals surface area contributed by atoms with E-state index in [1.54, 1.807) is 14.1 Å². The average Bonchev–Trinajstić information content (AvgIpc) is 2.95. The molecule has 20 heavy (non-hydrogen) atoms. The number of nitrogens with one attached hydrogen (secondary N) is 1. The van der Waals surface area contributed by atoms with E-state index in [0.717, 1.165) is 5.69 Å². The third kappa shape index (κ3) is 3.19. The molecule has 0 saturated carbocycles. The number of hydrogen-bond donors (Lipinski definition) is 1. The largest absolute Gasteiger partial charge is 0.347 e. The molecule has 0 fully saturated rings. The summed E-state index contributed by atoms with van der Waals surface area (Å²) in [5.74, 6) is -0.615. The molecule has 1 heterocycles. The van der Waals surface area contributed by atoms with Crippen LogP contribution in [0.15, 0.2) is 36.5 Å². The minimum Gasteiger partial charge on any atom is -0.347 e. The molecular weight excluding hydrogens is 258 g/mol. The number of carbonyl (C=O) groups excluding carboxylic acids is 2. The van der Waals surface area contributed by atoms with Crippen molar-refractivity contribution in [2.24, 2.45) is 0 Å². The van der Waals surface area contributed by atoms with Gasteiger partial charge in [0.25, 0.3) is 5.91 Å². The summed E-state index contributed by atoms with van der Waals surface area (Å²) >= 11 is 0. The molecular formula is C13H15N5O2. The molecule has 0 aliphatic rings.